The number of thioether (sulfide) groups is 1. The van der Waals surface area contributed by atoms with Crippen molar-refractivity contribution in [3.8, 4) is 0 Å². The summed E-state index contributed by atoms with van der Waals surface area (Å²) >= 11 is 1.46. The lowest BCUT2D eigenvalue weighted by molar-refractivity contribution is -0.115. The predicted octanol–water partition coefficient (Wildman–Crippen LogP) is 4.37. The molecule has 1 atom stereocenters. The first-order chi connectivity index (χ1) is 11.5. The van der Waals surface area contributed by atoms with E-state index >= 15 is 0 Å². The van der Waals surface area contributed by atoms with Gasteiger partial charge in [0.05, 0.1) is 10.8 Å². The highest BCUT2D eigenvalue weighted by Gasteiger charge is 2.17. The third-order valence-electron chi connectivity index (χ3n) is 3.62. The second-order valence-corrected chi connectivity index (χ2v) is 7.04. The smallest absolute Gasteiger partial charge is 0.237 e. The number of carbonyl (C=O) groups is 1. The zero-order chi connectivity index (χ0) is 17.1. The maximum Gasteiger partial charge on any atom is 0.237 e. The fourth-order valence-corrected chi connectivity index (χ4v) is 3.42. The van der Waals surface area contributed by atoms with Crippen molar-refractivity contribution in [2.24, 2.45) is 0 Å². The fourth-order valence-electron chi connectivity index (χ4n) is 2.44. The van der Waals surface area contributed by atoms with Gasteiger partial charge in [-0.15, -0.1) is 0 Å². The molecular formula is C19H19N3OS. The van der Waals surface area contributed by atoms with Crippen LogP contribution in [0.3, 0.4) is 0 Å². The summed E-state index contributed by atoms with van der Waals surface area (Å²) in [4.78, 5) is 21.4. The molecule has 0 saturated heterocycles. The van der Waals surface area contributed by atoms with E-state index in [1.165, 1.54) is 11.8 Å². The van der Waals surface area contributed by atoms with Crippen molar-refractivity contribution in [3.05, 3.63) is 59.9 Å². The Labute approximate surface area is 145 Å². The lowest BCUT2D eigenvalue weighted by Gasteiger charge is -2.13. The molecule has 0 unspecified atom stereocenters. The van der Waals surface area contributed by atoms with Gasteiger partial charge >= 0.3 is 0 Å². The van der Waals surface area contributed by atoms with E-state index in [1.54, 1.807) is 0 Å². The summed E-state index contributed by atoms with van der Waals surface area (Å²) in [5, 5.41) is 4.51. The molecule has 1 heterocycles. The van der Waals surface area contributed by atoms with Crippen molar-refractivity contribution in [2.75, 3.05) is 5.32 Å². The SMILES string of the molecule is Cc1cccc(NC(=O)[C@H](C)Sc2nc(C)nc3ccccc23)c1. The molecule has 0 aliphatic carbocycles. The molecule has 0 bridgehead atoms. The third-order valence-corrected chi connectivity index (χ3v) is 4.73. The number of carbonyl (C=O) groups excluding carboxylic acids is 1. The Balaban J connectivity index is 1.79. The molecule has 122 valence electrons. The molecule has 1 N–H and O–H groups in total. The molecule has 4 nitrogen and oxygen atoms in total. The van der Waals surface area contributed by atoms with E-state index in [4.69, 9.17) is 0 Å². The molecule has 2 aromatic carbocycles. The van der Waals surface area contributed by atoms with Gasteiger partial charge < -0.3 is 5.32 Å². The van der Waals surface area contributed by atoms with Gasteiger partial charge in [-0.1, -0.05) is 42.1 Å². The first-order valence-electron chi connectivity index (χ1n) is 7.80. The highest BCUT2D eigenvalue weighted by Crippen LogP contribution is 2.29. The van der Waals surface area contributed by atoms with Gasteiger partial charge in [0.25, 0.3) is 0 Å². The predicted molar refractivity (Wildman–Crippen MR) is 99.4 cm³/mol. The molecule has 1 aromatic heterocycles. The summed E-state index contributed by atoms with van der Waals surface area (Å²) in [5.41, 5.74) is 2.83. The second kappa shape index (κ2) is 7.01. The van der Waals surface area contributed by atoms with Crippen molar-refractivity contribution < 1.29 is 4.79 Å². The van der Waals surface area contributed by atoms with Crippen molar-refractivity contribution in [1.29, 1.82) is 0 Å². The first kappa shape index (κ1) is 16.5. The fraction of sp³-hybridized carbons (Fsp3) is 0.211. The maximum atomic E-state index is 12.5. The standard InChI is InChI=1S/C19H19N3OS/c1-12-7-6-8-15(11-12)22-18(23)13(2)24-19-16-9-4-5-10-17(16)20-14(3)21-19/h4-11,13H,1-3H3,(H,22,23)/t13-/m0/s1. The van der Waals surface area contributed by atoms with Gasteiger partial charge in [-0.3, -0.25) is 4.79 Å². The van der Waals surface area contributed by atoms with E-state index in [9.17, 15) is 4.79 Å². The van der Waals surface area contributed by atoms with Gasteiger partial charge in [-0.25, -0.2) is 9.97 Å². The van der Waals surface area contributed by atoms with Crippen molar-refractivity contribution in [1.82, 2.24) is 9.97 Å². The molecule has 0 fully saturated rings. The summed E-state index contributed by atoms with van der Waals surface area (Å²) in [6, 6.07) is 15.7. The van der Waals surface area contributed by atoms with Crippen LogP contribution in [0.15, 0.2) is 53.6 Å². The number of aryl methyl sites for hydroxylation is 2. The number of rotatable bonds is 4. The number of anilines is 1. The number of amides is 1. The van der Waals surface area contributed by atoms with Crippen LogP contribution in [0.5, 0.6) is 0 Å². The highest BCUT2D eigenvalue weighted by atomic mass is 32.2. The summed E-state index contributed by atoms with van der Waals surface area (Å²) in [7, 11) is 0. The van der Waals surface area contributed by atoms with Gasteiger partial charge in [-0.2, -0.15) is 0 Å². The number of nitrogens with zero attached hydrogens (tertiary/aromatic N) is 2. The Morgan fingerprint density at radius 3 is 2.67 bits per heavy atom. The van der Waals surface area contributed by atoms with Gasteiger partial charge in [0.15, 0.2) is 0 Å². The molecule has 5 heteroatoms. The van der Waals surface area contributed by atoms with Crippen LogP contribution in [-0.4, -0.2) is 21.1 Å². The number of fused-ring (bicyclic) bond motifs is 1. The van der Waals surface area contributed by atoms with Gasteiger partial charge in [0.2, 0.25) is 5.91 Å². The van der Waals surface area contributed by atoms with E-state index in [0.717, 1.165) is 27.2 Å². The van der Waals surface area contributed by atoms with Crippen LogP contribution in [0.2, 0.25) is 0 Å². The molecule has 3 aromatic rings. The maximum absolute atomic E-state index is 12.5. The second-order valence-electron chi connectivity index (χ2n) is 5.71. The zero-order valence-corrected chi connectivity index (χ0v) is 14.7. The molecular weight excluding hydrogens is 318 g/mol. The monoisotopic (exact) mass is 337 g/mol. The Morgan fingerprint density at radius 1 is 1.08 bits per heavy atom. The average Bonchev–Trinajstić information content (AvgIpc) is 2.54. The molecule has 1 amide bonds. The Kier molecular flexibility index (Phi) is 4.81. The lowest BCUT2D eigenvalue weighted by Crippen LogP contribution is -2.22. The molecule has 0 spiro atoms. The molecule has 0 saturated carbocycles. The van der Waals surface area contributed by atoms with Crippen LogP contribution in [0, 0.1) is 13.8 Å². The number of benzene rings is 2. The minimum atomic E-state index is -0.261. The van der Waals surface area contributed by atoms with E-state index in [0.29, 0.717) is 5.82 Å². The Bertz CT molecular complexity index is 895. The summed E-state index contributed by atoms with van der Waals surface area (Å²) in [6.07, 6.45) is 0. The Morgan fingerprint density at radius 2 is 1.88 bits per heavy atom. The Hall–Kier alpha value is -2.40. The van der Waals surface area contributed by atoms with E-state index in [-0.39, 0.29) is 11.2 Å². The third kappa shape index (κ3) is 3.74. The highest BCUT2D eigenvalue weighted by molar-refractivity contribution is 8.00. The molecule has 24 heavy (non-hydrogen) atoms. The number of para-hydroxylation sites is 1. The van der Waals surface area contributed by atoms with Crippen LogP contribution in [0.1, 0.15) is 18.3 Å². The van der Waals surface area contributed by atoms with Gasteiger partial charge in [0.1, 0.15) is 10.9 Å². The quantitative estimate of drug-likeness (QED) is 0.567. The minimum absolute atomic E-state index is 0.0362. The zero-order valence-electron chi connectivity index (χ0n) is 13.9. The van der Waals surface area contributed by atoms with Crippen LogP contribution in [0.25, 0.3) is 10.9 Å². The topological polar surface area (TPSA) is 54.9 Å². The lowest BCUT2D eigenvalue weighted by atomic mass is 10.2. The van der Waals surface area contributed by atoms with Crippen molar-refractivity contribution in [2.45, 2.75) is 31.0 Å². The van der Waals surface area contributed by atoms with Crippen molar-refractivity contribution >= 4 is 34.3 Å². The van der Waals surface area contributed by atoms with Crippen LogP contribution < -0.4 is 5.32 Å². The molecule has 0 radical (unpaired) electrons. The molecule has 0 aliphatic rings. The van der Waals surface area contributed by atoms with Gasteiger partial charge in [0, 0.05) is 11.1 Å². The van der Waals surface area contributed by atoms with Crippen LogP contribution in [-0.2, 0) is 4.79 Å². The average molecular weight is 337 g/mol. The number of hydrogen-bond donors (Lipinski definition) is 1. The van der Waals surface area contributed by atoms with Crippen molar-refractivity contribution in [3.63, 3.8) is 0 Å². The first-order valence-corrected chi connectivity index (χ1v) is 8.68. The largest absolute Gasteiger partial charge is 0.325 e. The van der Waals surface area contributed by atoms with Crippen LogP contribution >= 0.6 is 11.8 Å². The summed E-state index contributed by atoms with van der Waals surface area (Å²) in [6.45, 7) is 5.76. The summed E-state index contributed by atoms with van der Waals surface area (Å²) in [5.74, 6) is 0.674. The minimum Gasteiger partial charge on any atom is -0.325 e. The number of aromatic nitrogens is 2. The number of hydrogen-bond acceptors (Lipinski definition) is 4. The molecule has 0 aliphatic heterocycles. The van der Waals surface area contributed by atoms with E-state index < -0.39 is 0 Å². The summed E-state index contributed by atoms with van der Waals surface area (Å²) < 4.78 is 0. The molecule has 3 rings (SSSR count). The van der Waals surface area contributed by atoms with E-state index in [2.05, 4.69) is 15.3 Å². The van der Waals surface area contributed by atoms with Crippen LogP contribution in [0.4, 0.5) is 5.69 Å². The number of nitrogens with one attached hydrogen (secondary N) is 1. The normalized spacial score (nSPS) is 12.1. The van der Waals surface area contributed by atoms with Gasteiger partial charge in [-0.05, 0) is 44.5 Å². The van der Waals surface area contributed by atoms with E-state index in [1.807, 2.05) is 69.3 Å².